The van der Waals surface area contributed by atoms with Gasteiger partial charge in [0.25, 0.3) is 0 Å². The first-order valence-corrected chi connectivity index (χ1v) is 4.96. The molecule has 0 radical (unpaired) electrons. The Balaban J connectivity index is 2.23. The van der Waals surface area contributed by atoms with Crippen LogP contribution in [0, 0.1) is 0 Å². The van der Waals surface area contributed by atoms with Gasteiger partial charge in [-0.05, 0) is 6.92 Å². The van der Waals surface area contributed by atoms with E-state index in [-0.39, 0.29) is 0 Å². The summed E-state index contributed by atoms with van der Waals surface area (Å²) in [6.45, 7) is 2.06. The second-order valence-corrected chi connectivity index (χ2v) is 3.11. The molecule has 0 saturated heterocycles. The number of carbonyl (C=O) groups excluding carboxylic acids is 1. The minimum absolute atomic E-state index is 0.319. The second-order valence-electron chi connectivity index (χ2n) is 3.11. The molecular weight excluding hydrogens is 206 g/mol. The van der Waals surface area contributed by atoms with E-state index in [1.165, 1.54) is 0 Å². The van der Waals surface area contributed by atoms with Gasteiger partial charge in [-0.15, -0.1) is 5.10 Å². The lowest BCUT2D eigenvalue weighted by atomic mass is 10.2. The topological polar surface area (TPSA) is 57.0 Å². The van der Waals surface area contributed by atoms with Gasteiger partial charge in [-0.25, -0.2) is 4.79 Å². The lowest BCUT2D eigenvalue weighted by Gasteiger charge is -1.97. The van der Waals surface area contributed by atoms with E-state index in [9.17, 15) is 4.79 Å². The summed E-state index contributed by atoms with van der Waals surface area (Å²) >= 11 is 0. The number of benzene rings is 1. The summed E-state index contributed by atoms with van der Waals surface area (Å²) in [4.78, 5) is 11.3. The van der Waals surface area contributed by atoms with Crippen LogP contribution in [0.15, 0.2) is 36.5 Å². The van der Waals surface area contributed by atoms with Gasteiger partial charge in [0.1, 0.15) is 5.69 Å². The van der Waals surface area contributed by atoms with E-state index in [0.29, 0.717) is 12.3 Å². The minimum atomic E-state index is -0.516. The first kappa shape index (κ1) is 10.4. The third kappa shape index (κ3) is 2.08. The summed E-state index contributed by atoms with van der Waals surface area (Å²) in [6.07, 6.45) is 1.03. The number of hydrogen-bond donors (Lipinski definition) is 0. The smallest absolute Gasteiger partial charge is 0.436 e. The maximum atomic E-state index is 11.3. The van der Waals surface area contributed by atoms with Crippen molar-refractivity contribution < 1.29 is 9.53 Å². The highest BCUT2D eigenvalue weighted by Crippen LogP contribution is 2.14. The molecule has 0 aliphatic carbocycles. The molecule has 0 amide bonds. The molecule has 5 nitrogen and oxygen atoms in total. The molecule has 5 heteroatoms. The zero-order valence-corrected chi connectivity index (χ0v) is 8.83. The van der Waals surface area contributed by atoms with Gasteiger partial charge >= 0.3 is 6.09 Å². The molecule has 0 fully saturated rings. The maximum absolute atomic E-state index is 11.3. The summed E-state index contributed by atoms with van der Waals surface area (Å²) in [5.41, 5.74) is 1.56. The van der Waals surface area contributed by atoms with Crippen LogP contribution in [-0.4, -0.2) is 27.7 Å². The fourth-order valence-corrected chi connectivity index (χ4v) is 1.28. The monoisotopic (exact) mass is 217 g/mol. The average Bonchev–Trinajstić information content (AvgIpc) is 2.80. The number of ether oxygens (including phenoxy) is 1. The Morgan fingerprint density at radius 1 is 1.38 bits per heavy atom. The Bertz CT molecular complexity index is 479. The van der Waals surface area contributed by atoms with E-state index in [4.69, 9.17) is 4.74 Å². The third-order valence-electron chi connectivity index (χ3n) is 2.02. The van der Waals surface area contributed by atoms with Gasteiger partial charge in [0.2, 0.25) is 0 Å². The molecule has 0 aliphatic rings. The fourth-order valence-electron chi connectivity index (χ4n) is 1.28. The molecule has 1 aromatic heterocycles. The number of aromatic nitrogens is 3. The highest BCUT2D eigenvalue weighted by Gasteiger charge is 2.09. The summed E-state index contributed by atoms with van der Waals surface area (Å²) in [6, 6.07) is 9.52. The molecule has 0 saturated carbocycles. The zero-order valence-electron chi connectivity index (χ0n) is 8.83. The minimum Gasteiger partial charge on any atom is -0.448 e. The van der Waals surface area contributed by atoms with Crippen molar-refractivity contribution in [3.8, 4) is 11.3 Å². The number of nitrogens with zero attached hydrogens (tertiary/aromatic N) is 3. The van der Waals surface area contributed by atoms with Gasteiger partial charge in [0.15, 0.2) is 0 Å². The summed E-state index contributed by atoms with van der Waals surface area (Å²) in [7, 11) is 0. The van der Waals surface area contributed by atoms with Crippen molar-refractivity contribution in [2.75, 3.05) is 6.61 Å². The van der Waals surface area contributed by atoms with Crippen LogP contribution in [0.1, 0.15) is 6.92 Å². The normalized spacial score (nSPS) is 10.1. The first-order chi connectivity index (χ1) is 7.81. The lowest BCUT2D eigenvalue weighted by molar-refractivity contribution is 0.150. The maximum Gasteiger partial charge on any atom is 0.436 e. The highest BCUT2D eigenvalue weighted by atomic mass is 16.6. The Hall–Kier alpha value is -2.17. The van der Waals surface area contributed by atoms with Crippen LogP contribution in [-0.2, 0) is 4.74 Å². The van der Waals surface area contributed by atoms with E-state index in [1.807, 2.05) is 30.3 Å². The lowest BCUT2D eigenvalue weighted by Crippen LogP contribution is -2.13. The Labute approximate surface area is 92.7 Å². The van der Waals surface area contributed by atoms with Crippen molar-refractivity contribution >= 4 is 6.09 Å². The van der Waals surface area contributed by atoms with Crippen LogP contribution in [0.4, 0.5) is 4.79 Å². The third-order valence-corrected chi connectivity index (χ3v) is 2.02. The predicted molar refractivity (Wildman–Crippen MR) is 57.9 cm³/mol. The van der Waals surface area contributed by atoms with Crippen LogP contribution in [0.5, 0.6) is 0 Å². The number of rotatable bonds is 2. The molecule has 1 heterocycles. The van der Waals surface area contributed by atoms with Crippen molar-refractivity contribution in [3.05, 3.63) is 36.5 Å². The zero-order chi connectivity index (χ0) is 11.4. The first-order valence-electron chi connectivity index (χ1n) is 4.96. The molecule has 2 aromatic rings. The van der Waals surface area contributed by atoms with Crippen LogP contribution < -0.4 is 0 Å². The van der Waals surface area contributed by atoms with E-state index in [2.05, 4.69) is 10.3 Å². The number of hydrogen-bond acceptors (Lipinski definition) is 4. The van der Waals surface area contributed by atoms with Gasteiger partial charge in [-0.1, -0.05) is 35.5 Å². The molecule has 0 atom stereocenters. The Morgan fingerprint density at radius 3 is 2.81 bits per heavy atom. The van der Waals surface area contributed by atoms with Gasteiger partial charge in [-0.3, -0.25) is 0 Å². The molecule has 0 spiro atoms. The van der Waals surface area contributed by atoms with Gasteiger partial charge in [0, 0.05) is 5.56 Å². The number of carbonyl (C=O) groups is 1. The van der Waals surface area contributed by atoms with Crippen molar-refractivity contribution in [3.63, 3.8) is 0 Å². The Kier molecular flexibility index (Phi) is 2.95. The van der Waals surface area contributed by atoms with Crippen molar-refractivity contribution in [2.45, 2.75) is 6.92 Å². The van der Waals surface area contributed by atoms with Crippen LogP contribution in [0.25, 0.3) is 11.3 Å². The molecule has 2 rings (SSSR count). The van der Waals surface area contributed by atoms with E-state index in [1.54, 1.807) is 13.1 Å². The van der Waals surface area contributed by atoms with Crippen molar-refractivity contribution in [1.82, 2.24) is 15.0 Å². The standard InChI is InChI=1S/C11H11N3O2/c1-2-16-11(15)14-8-10(12-13-14)9-6-4-3-5-7-9/h3-8H,2H2,1H3. The Morgan fingerprint density at radius 2 is 2.12 bits per heavy atom. The molecular formula is C11H11N3O2. The van der Waals surface area contributed by atoms with Crippen molar-refractivity contribution in [1.29, 1.82) is 0 Å². The van der Waals surface area contributed by atoms with Crippen LogP contribution in [0.3, 0.4) is 0 Å². The van der Waals surface area contributed by atoms with Crippen LogP contribution >= 0.6 is 0 Å². The molecule has 0 unspecified atom stereocenters. The van der Waals surface area contributed by atoms with Crippen molar-refractivity contribution in [2.24, 2.45) is 0 Å². The molecule has 0 N–H and O–H groups in total. The van der Waals surface area contributed by atoms with Crippen LogP contribution in [0.2, 0.25) is 0 Å². The predicted octanol–water partition coefficient (Wildman–Crippen LogP) is 1.95. The fraction of sp³-hybridized carbons (Fsp3) is 0.182. The van der Waals surface area contributed by atoms with Gasteiger partial charge in [0.05, 0.1) is 12.8 Å². The van der Waals surface area contributed by atoms with E-state index in [0.717, 1.165) is 10.2 Å². The average molecular weight is 217 g/mol. The molecule has 0 aliphatic heterocycles. The molecule has 82 valence electrons. The largest absolute Gasteiger partial charge is 0.448 e. The SMILES string of the molecule is CCOC(=O)n1cc(-c2ccccc2)nn1. The molecule has 16 heavy (non-hydrogen) atoms. The second kappa shape index (κ2) is 4.57. The molecule has 0 bridgehead atoms. The van der Waals surface area contributed by atoms with Gasteiger partial charge < -0.3 is 4.74 Å². The summed E-state index contributed by atoms with van der Waals surface area (Å²) < 4.78 is 5.89. The van der Waals surface area contributed by atoms with E-state index < -0.39 is 6.09 Å². The summed E-state index contributed by atoms with van der Waals surface area (Å²) in [5.74, 6) is 0. The van der Waals surface area contributed by atoms with E-state index >= 15 is 0 Å². The highest BCUT2D eigenvalue weighted by molar-refractivity contribution is 5.70. The quantitative estimate of drug-likeness (QED) is 0.771. The molecule has 1 aromatic carbocycles. The van der Waals surface area contributed by atoms with Gasteiger partial charge in [-0.2, -0.15) is 4.68 Å². The summed E-state index contributed by atoms with van der Waals surface area (Å²) in [5, 5.41) is 7.61.